The van der Waals surface area contributed by atoms with E-state index in [1.807, 2.05) is 12.1 Å². The fourth-order valence-electron chi connectivity index (χ4n) is 1.64. The normalized spacial score (nSPS) is 11.4. The first-order valence-electron chi connectivity index (χ1n) is 5.84. The Hall–Kier alpha value is -1.01. The van der Waals surface area contributed by atoms with Crippen LogP contribution in [0.5, 0.6) is 5.75 Å². The molecule has 1 aromatic carbocycles. The molecule has 0 aliphatic carbocycles. The minimum Gasteiger partial charge on any atom is -0.492 e. The fourth-order valence-corrected chi connectivity index (χ4v) is 3.43. The fraction of sp³-hybridized carbons (Fsp3) is 0.154. The van der Waals surface area contributed by atoms with Crippen molar-refractivity contribution in [3.8, 4) is 5.75 Å². The second kappa shape index (κ2) is 6.83. The van der Waals surface area contributed by atoms with Crippen LogP contribution in [-0.2, 0) is 15.5 Å². The summed E-state index contributed by atoms with van der Waals surface area (Å²) in [6.07, 6.45) is 4.06. The molecule has 0 bridgehead atoms. The van der Waals surface area contributed by atoms with E-state index in [-0.39, 0.29) is 14.9 Å². The standard InChI is InChI=1S/C13H10Cl3NO3S/c14-12-10(3-4-11(13(12)15)21(16,18)19)20-7-5-9-2-1-6-17-8-9/h1-4,6,8H,5,7H2. The Labute approximate surface area is 137 Å². The number of hydrogen-bond acceptors (Lipinski definition) is 4. The van der Waals surface area contributed by atoms with Gasteiger partial charge in [-0.05, 0) is 23.8 Å². The number of aromatic nitrogens is 1. The molecule has 0 aliphatic rings. The summed E-state index contributed by atoms with van der Waals surface area (Å²) in [5, 5.41) is -0.130. The third kappa shape index (κ3) is 4.23. The van der Waals surface area contributed by atoms with Crippen molar-refractivity contribution >= 4 is 42.9 Å². The molecule has 2 aromatic rings. The first-order valence-corrected chi connectivity index (χ1v) is 8.90. The van der Waals surface area contributed by atoms with Gasteiger partial charge in [0, 0.05) is 29.5 Å². The van der Waals surface area contributed by atoms with Crippen LogP contribution in [0, 0.1) is 0 Å². The average molecular weight is 367 g/mol. The van der Waals surface area contributed by atoms with Crippen molar-refractivity contribution in [2.45, 2.75) is 11.3 Å². The van der Waals surface area contributed by atoms with Gasteiger partial charge in [-0.15, -0.1) is 0 Å². The van der Waals surface area contributed by atoms with Crippen LogP contribution in [0.4, 0.5) is 0 Å². The average Bonchev–Trinajstić information content (AvgIpc) is 2.43. The van der Waals surface area contributed by atoms with Gasteiger partial charge in [0.1, 0.15) is 15.7 Å². The van der Waals surface area contributed by atoms with Gasteiger partial charge < -0.3 is 4.74 Å². The molecule has 2 rings (SSSR count). The molecule has 0 fully saturated rings. The van der Waals surface area contributed by atoms with Crippen LogP contribution in [0.1, 0.15) is 5.56 Å². The van der Waals surface area contributed by atoms with Crippen LogP contribution in [0.15, 0.2) is 41.6 Å². The van der Waals surface area contributed by atoms with Crippen molar-refractivity contribution in [2.24, 2.45) is 0 Å². The zero-order valence-electron chi connectivity index (χ0n) is 10.6. The van der Waals surface area contributed by atoms with E-state index in [9.17, 15) is 8.42 Å². The van der Waals surface area contributed by atoms with E-state index >= 15 is 0 Å². The van der Waals surface area contributed by atoms with Gasteiger partial charge in [-0.25, -0.2) is 8.42 Å². The first-order chi connectivity index (χ1) is 9.89. The monoisotopic (exact) mass is 365 g/mol. The lowest BCUT2D eigenvalue weighted by Gasteiger charge is -2.10. The van der Waals surface area contributed by atoms with Gasteiger partial charge in [-0.2, -0.15) is 0 Å². The van der Waals surface area contributed by atoms with Gasteiger partial charge in [0.05, 0.1) is 11.6 Å². The summed E-state index contributed by atoms with van der Waals surface area (Å²) in [5.41, 5.74) is 1.01. The number of ether oxygens (including phenoxy) is 1. The minimum atomic E-state index is -3.94. The lowest BCUT2D eigenvalue weighted by atomic mass is 10.2. The molecule has 0 radical (unpaired) electrons. The zero-order chi connectivity index (χ0) is 15.5. The van der Waals surface area contributed by atoms with Gasteiger partial charge >= 0.3 is 0 Å². The summed E-state index contributed by atoms with van der Waals surface area (Å²) in [6, 6.07) is 6.44. The Bertz CT molecular complexity index is 736. The molecule has 21 heavy (non-hydrogen) atoms. The molecular formula is C13H10Cl3NO3S. The predicted octanol–water partition coefficient (Wildman–Crippen LogP) is 3.94. The molecule has 0 spiro atoms. The number of halogens is 3. The maximum Gasteiger partial charge on any atom is 0.262 e. The lowest BCUT2D eigenvalue weighted by molar-refractivity contribution is 0.322. The maximum absolute atomic E-state index is 11.3. The molecule has 8 heteroatoms. The highest BCUT2D eigenvalue weighted by Crippen LogP contribution is 2.37. The van der Waals surface area contributed by atoms with Crippen molar-refractivity contribution in [3.05, 3.63) is 52.3 Å². The second-order valence-corrected chi connectivity index (χ2v) is 7.38. The Morgan fingerprint density at radius 3 is 2.52 bits per heavy atom. The molecule has 112 valence electrons. The van der Waals surface area contributed by atoms with Crippen LogP contribution < -0.4 is 4.74 Å². The lowest BCUT2D eigenvalue weighted by Crippen LogP contribution is -2.03. The number of nitrogens with zero attached hydrogens (tertiary/aromatic N) is 1. The maximum atomic E-state index is 11.3. The summed E-state index contributed by atoms with van der Waals surface area (Å²) < 4.78 is 28.1. The Morgan fingerprint density at radius 2 is 1.90 bits per heavy atom. The topological polar surface area (TPSA) is 56.3 Å². The van der Waals surface area contributed by atoms with Crippen LogP contribution in [-0.4, -0.2) is 20.0 Å². The molecule has 0 amide bonds. The Morgan fingerprint density at radius 1 is 1.14 bits per heavy atom. The van der Waals surface area contributed by atoms with Gasteiger partial charge in [-0.3, -0.25) is 4.98 Å². The number of hydrogen-bond donors (Lipinski definition) is 0. The molecule has 1 aromatic heterocycles. The van der Waals surface area contributed by atoms with Crippen molar-refractivity contribution in [1.29, 1.82) is 0 Å². The van der Waals surface area contributed by atoms with E-state index in [4.69, 9.17) is 38.6 Å². The molecule has 0 saturated heterocycles. The van der Waals surface area contributed by atoms with E-state index in [1.54, 1.807) is 12.4 Å². The number of benzene rings is 1. The van der Waals surface area contributed by atoms with Crippen molar-refractivity contribution < 1.29 is 13.2 Å². The Balaban J connectivity index is 2.10. The van der Waals surface area contributed by atoms with E-state index < -0.39 is 9.05 Å². The third-order valence-electron chi connectivity index (χ3n) is 2.65. The van der Waals surface area contributed by atoms with Crippen LogP contribution in [0.3, 0.4) is 0 Å². The minimum absolute atomic E-state index is 0.0181. The van der Waals surface area contributed by atoms with E-state index in [0.717, 1.165) is 5.56 Å². The highest BCUT2D eigenvalue weighted by atomic mass is 35.7. The smallest absolute Gasteiger partial charge is 0.262 e. The van der Waals surface area contributed by atoms with Crippen LogP contribution in [0.2, 0.25) is 10.0 Å². The van der Waals surface area contributed by atoms with Crippen molar-refractivity contribution in [2.75, 3.05) is 6.61 Å². The van der Waals surface area contributed by atoms with Crippen molar-refractivity contribution in [3.63, 3.8) is 0 Å². The van der Waals surface area contributed by atoms with Gasteiger partial charge in [0.2, 0.25) is 0 Å². The molecule has 0 atom stereocenters. The molecule has 4 nitrogen and oxygen atoms in total. The summed E-state index contributed by atoms with van der Waals surface area (Å²) in [5.74, 6) is 0.301. The molecule has 0 aliphatic heterocycles. The molecule has 0 N–H and O–H groups in total. The number of pyridine rings is 1. The van der Waals surface area contributed by atoms with Crippen LogP contribution >= 0.6 is 33.9 Å². The van der Waals surface area contributed by atoms with E-state index in [0.29, 0.717) is 18.8 Å². The quantitative estimate of drug-likeness (QED) is 0.752. The molecule has 0 saturated carbocycles. The van der Waals surface area contributed by atoms with E-state index in [1.165, 1.54) is 12.1 Å². The summed E-state index contributed by atoms with van der Waals surface area (Å²) in [4.78, 5) is 3.76. The van der Waals surface area contributed by atoms with Gasteiger partial charge in [0.25, 0.3) is 9.05 Å². The largest absolute Gasteiger partial charge is 0.492 e. The highest BCUT2D eigenvalue weighted by molar-refractivity contribution is 8.13. The van der Waals surface area contributed by atoms with Crippen LogP contribution in [0.25, 0.3) is 0 Å². The first kappa shape index (κ1) is 16.4. The third-order valence-corrected chi connectivity index (χ3v) is 4.99. The van der Waals surface area contributed by atoms with Gasteiger partial charge in [0.15, 0.2) is 0 Å². The Kier molecular flexibility index (Phi) is 5.32. The molecule has 1 heterocycles. The highest BCUT2D eigenvalue weighted by Gasteiger charge is 2.19. The summed E-state index contributed by atoms with van der Waals surface area (Å²) in [7, 11) is 1.31. The van der Waals surface area contributed by atoms with E-state index in [2.05, 4.69) is 4.98 Å². The molecular weight excluding hydrogens is 357 g/mol. The zero-order valence-corrected chi connectivity index (χ0v) is 13.7. The summed E-state index contributed by atoms with van der Waals surface area (Å²) >= 11 is 11.9. The predicted molar refractivity (Wildman–Crippen MR) is 82.9 cm³/mol. The number of rotatable bonds is 5. The SMILES string of the molecule is O=S(=O)(Cl)c1ccc(OCCc2cccnc2)c(Cl)c1Cl. The second-order valence-electron chi connectivity index (χ2n) is 4.09. The summed E-state index contributed by atoms with van der Waals surface area (Å²) in [6.45, 7) is 0.356. The van der Waals surface area contributed by atoms with Crippen molar-refractivity contribution in [1.82, 2.24) is 4.98 Å². The van der Waals surface area contributed by atoms with Gasteiger partial charge in [-0.1, -0.05) is 29.3 Å². The molecule has 0 unspecified atom stereocenters.